The molecule has 0 bridgehead atoms. The third-order valence-electron chi connectivity index (χ3n) is 2.96. The molecule has 0 saturated heterocycles. The predicted octanol–water partition coefficient (Wildman–Crippen LogP) is 1.18. The average Bonchev–Trinajstić information content (AvgIpc) is 2.28. The molecule has 4 heteroatoms. The molecular weight excluding hydrogens is 216 g/mol. The number of carbonyl (C=O) groups is 1. The molecular formula is C13H20N2O2. The van der Waals surface area contributed by atoms with E-state index in [1.54, 1.807) is 12.1 Å². The van der Waals surface area contributed by atoms with E-state index in [0.717, 1.165) is 12.0 Å². The number of rotatable bonds is 6. The largest absolute Gasteiger partial charge is 0.508 e. The van der Waals surface area contributed by atoms with Gasteiger partial charge in [-0.2, -0.15) is 0 Å². The molecule has 17 heavy (non-hydrogen) atoms. The van der Waals surface area contributed by atoms with E-state index in [1.807, 2.05) is 26.0 Å². The zero-order valence-corrected chi connectivity index (χ0v) is 10.4. The maximum atomic E-state index is 11.4. The van der Waals surface area contributed by atoms with Gasteiger partial charge >= 0.3 is 0 Å². The molecule has 0 radical (unpaired) electrons. The second-order valence-corrected chi connectivity index (χ2v) is 4.39. The molecule has 0 spiro atoms. The molecule has 0 aliphatic heterocycles. The minimum atomic E-state index is -0.674. The first kappa shape index (κ1) is 13.5. The molecule has 4 N–H and O–H groups in total. The van der Waals surface area contributed by atoms with Crippen molar-refractivity contribution < 1.29 is 9.90 Å². The lowest BCUT2D eigenvalue weighted by Gasteiger charge is -2.27. The van der Waals surface area contributed by atoms with Crippen LogP contribution in [0.15, 0.2) is 24.3 Å². The molecule has 1 aromatic rings. The van der Waals surface area contributed by atoms with E-state index < -0.39 is 5.54 Å². The van der Waals surface area contributed by atoms with Crippen molar-refractivity contribution in [3.05, 3.63) is 29.8 Å². The highest BCUT2D eigenvalue weighted by Crippen LogP contribution is 2.16. The highest BCUT2D eigenvalue weighted by molar-refractivity contribution is 5.84. The second-order valence-electron chi connectivity index (χ2n) is 4.39. The molecule has 1 unspecified atom stereocenters. The molecule has 1 aromatic carbocycles. The van der Waals surface area contributed by atoms with Crippen LogP contribution in [0.2, 0.25) is 0 Å². The molecule has 1 rings (SSSR count). The second kappa shape index (κ2) is 5.68. The van der Waals surface area contributed by atoms with Gasteiger partial charge in [0.1, 0.15) is 5.75 Å². The first-order valence-corrected chi connectivity index (χ1v) is 5.81. The molecule has 0 fully saturated rings. The van der Waals surface area contributed by atoms with E-state index in [2.05, 4.69) is 5.32 Å². The van der Waals surface area contributed by atoms with E-state index in [0.29, 0.717) is 13.0 Å². The van der Waals surface area contributed by atoms with Gasteiger partial charge in [0.2, 0.25) is 5.91 Å². The van der Waals surface area contributed by atoms with Crippen molar-refractivity contribution in [3.63, 3.8) is 0 Å². The summed E-state index contributed by atoms with van der Waals surface area (Å²) in [6.07, 6.45) is 1.38. The minimum Gasteiger partial charge on any atom is -0.508 e. The van der Waals surface area contributed by atoms with E-state index in [-0.39, 0.29) is 11.7 Å². The quantitative estimate of drug-likeness (QED) is 0.694. The maximum Gasteiger partial charge on any atom is 0.237 e. The lowest BCUT2D eigenvalue weighted by atomic mass is 9.92. The van der Waals surface area contributed by atoms with Gasteiger partial charge in [0.05, 0.1) is 5.54 Å². The zero-order chi connectivity index (χ0) is 12.9. The van der Waals surface area contributed by atoms with E-state index in [9.17, 15) is 9.90 Å². The van der Waals surface area contributed by atoms with E-state index in [1.165, 1.54) is 0 Å². The minimum absolute atomic E-state index is 0.248. The van der Waals surface area contributed by atoms with Gasteiger partial charge in [-0.25, -0.2) is 0 Å². The van der Waals surface area contributed by atoms with Crippen LogP contribution in [-0.4, -0.2) is 23.1 Å². The molecule has 0 aromatic heterocycles. The normalized spacial score (nSPS) is 14.2. The Morgan fingerprint density at radius 2 is 2.00 bits per heavy atom. The monoisotopic (exact) mass is 236 g/mol. The standard InChI is InChI=1S/C13H20N2O2/c1-3-15-13(2,12(14)17)9-8-10-4-6-11(16)7-5-10/h4-7,15-16H,3,8-9H2,1-2H3,(H2,14,17). The Kier molecular flexibility index (Phi) is 4.52. The number of nitrogens with one attached hydrogen (secondary N) is 1. The number of likely N-dealkylation sites (N-methyl/N-ethyl adjacent to an activating group) is 1. The number of hydrogen-bond donors (Lipinski definition) is 3. The third kappa shape index (κ3) is 3.75. The number of nitrogens with two attached hydrogens (primary N) is 1. The fraction of sp³-hybridized carbons (Fsp3) is 0.462. The predicted molar refractivity (Wildman–Crippen MR) is 67.7 cm³/mol. The van der Waals surface area contributed by atoms with Gasteiger partial charge in [0.15, 0.2) is 0 Å². The van der Waals surface area contributed by atoms with Crippen LogP contribution in [0.4, 0.5) is 0 Å². The van der Waals surface area contributed by atoms with Crippen LogP contribution >= 0.6 is 0 Å². The maximum absolute atomic E-state index is 11.4. The SMILES string of the molecule is CCNC(C)(CCc1ccc(O)cc1)C(N)=O. The van der Waals surface area contributed by atoms with Crippen LogP contribution < -0.4 is 11.1 Å². The molecule has 1 atom stereocenters. The summed E-state index contributed by atoms with van der Waals surface area (Å²) in [5.41, 5.74) is 5.81. The number of primary amides is 1. The van der Waals surface area contributed by atoms with Gasteiger partial charge in [-0.1, -0.05) is 19.1 Å². The van der Waals surface area contributed by atoms with Gasteiger partial charge in [0, 0.05) is 0 Å². The zero-order valence-electron chi connectivity index (χ0n) is 10.4. The number of hydrogen-bond acceptors (Lipinski definition) is 3. The van der Waals surface area contributed by atoms with Gasteiger partial charge in [0.25, 0.3) is 0 Å². The number of aryl methyl sites for hydroxylation is 1. The Hall–Kier alpha value is -1.55. The molecule has 4 nitrogen and oxygen atoms in total. The van der Waals surface area contributed by atoms with Crippen LogP contribution in [-0.2, 0) is 11.2 Å². The third-order valence-corrected chi connectivity index (χ3v) is 2.96. The Labute approximate surface area is 102 Å². The lowest BCUT2D eigenvalue weighted by Crippen LogP contribution is -2.53. The van der Waals surface area contributed by atoms with E-state index in [4.69, 9.17) is 5.73 Å². The highest BCUT2D eigenvalue weighted by Gasteiger charge is 2.29. The van der Waals surface area contributed by atoms with Crippen LogP contribution in [0, 0.1) is 0 Å². The van der Waals surface area contributed by atoms with Crippen molar-refractivity contribution >= 4 is 5.91 Å². The smallest absolute Gasteiger partial charge is 0.237 e. The number of amides is 1. The van der Waals surface area contributed by atoms with Crippen molar-refractivity contribution in [1.29, 1.82) is 0 Å². The fourth-order valence-electron chi connectivity index (χ4n) is 1.75. The van der Waals surface area contributed by atoms with Crippen LogP contribution in [0.25, 0.3) is 0 Å². The van der Waals surface area contributed by atoms with Crippen molar-refractivity contribution in [2.24, 2.45) is 5.73 Å². The summed E-state index contributed by atoms with van der Waals surface area (Å²) < 4.78 is 0. The fourth-order valence-corrected chi connectivity index (χ4v) is 1.75. The Balaban J connectivity index is 2.64. The Morgan fingerprint density at radius 3 is 2.47 bits per heavy atom. The molecule has 94 valence electrons. The molecule has 0 heterocycles. The summed E-state index contributed by atoms with van der Waals surface area (Å²) in [6, 6.07) is 6.99. The summed E-state index contributed by atoms with van der Waals surface area (Å²) in [7, 11) is 0. The Bertz CT molecular complexity index is 376. The summed E-state index contributed by atoms with van der Waals surface area (Å²) in [4.78, 5) is 11.4. The molecule has 0 aliphatic rings. The van der Waals surface area contributed by atoms with Crippen LogP contribution in [0.5, 0.6) is 5.75 Å². The van der Waals surface area contributed by atoms with Gasteiger partial charge < -0.3 is 16.2 Å². The van der Waals surface area contributed by atoms with Crippen LogP contribution in [0.1, 0.15) is 25.8 Å². The van der Waals surface area contributed by atoms with Crippen molar-refractivity contribution in [1.82, 2.24) is 5.32 Å². The van der Waals surface area contributed by atoms with Crippen molar-refractivity contribution in [2.75, 3.05) is 6.54 Å². The number of phenolic OH excluding ortho intramolecular Hbond substituents is 1. The summed E-state index contributed by atoms with van der Waals surface area (Å²) >= 11 is 0. The van der Waals surface area contributed by atoms with E-state index >= 15 is 0 Å². The van der Waals surface area contributed by atoms with Gasteiger partial charge in [-0.05, 0) is 44.0 Å². The summed E-state index contributed by atoms with van der Waals surface area (Å²) in [5.74, 6) is -0.0868. The highest BCUT2D eigenvalue weighted by atomic mass is 16.3. The summed E-state index contributed by atoms with van der Waals surface area (Å²) in [5, 5.41) is 12.3. The number of carbonyl (C=O) groups excluding carboxylic acids is 1. The number of benzene rings is 1. The van der Waals surface area contributed by atoms with Gasteiger partial charge in [-0.15, -0.1) is 0 Å². The van der Waals surface area contributed by atoms with Crippen molar-refractivity contribution in [2.45, 2.75) is 32.2 Å². The topological polar surface area (TPSA) is 75.3 Å². The average molecular weight is 236 g/mol. The van der Waals surface area contributed by atoms with Gasteiger partial charge in [-0.3, -0.25) is 4.79 Å². The summed E-state index contributed by atoms with van der Waals surface area (Å²) in [6.45, 7) is 4.47. The van der Waals surface area contributed by atoms with Crippen LogP contribution in [0.3, 0.4) is 0 Å². The Morgan fingerprint density at radius 1 is 1.41 bits per heavy atom. The molecule has 0 saturated carbocycles. The number of phenols is 1. The molecule has 0 aliphatic carbocycles. The first-order chi connectivity index (χ1) is 7.98. The van der Waals surface area contributed by atoms with Crippen molar-refractivity contribution in [3.8, 4) is 5.75 Å². The molecule has 1 amide bonds. The first-order valence-electron chi connectivity index (χ1n) is 5.81. The lowest BCUT2D eigenvalue weighted by molar-refractivity contribution is -0.124. The number of aromatic hydroxyl groups is 1.